The fourth-order valence-corrected chi connectivity index (χ4v) is 1.98. The number of rotatable bonds is 1. The Hall–Kier alpha value is -2.03. The van der Waals surface area contributed by atoms with Gasteiger partial charge >= 0.3 is 0 Å². The van der Waals surface area contributed by atoms with Crippen LogP contribution in [0.5, 0.6) is 0 Å². The second-order valence-electron chi connectivity index (χ2n) is 4.04. The minimum Gasteiger partial charge on any atom is -0.465 e. The Morgan fingerprint density at radius 1 is 1.06 bits per heavy atom. The molecule has 0 radical (unpaired) electrons. The number of anilines is 1. The van der Waals surface area contributed by atoms with E-state index in [1.165, 1.54) is 10.8 Å². The largest absolute Gasteiger partial charge is 0.465 e. The summed E-state index contributed by atoms with van der Waals surface area (Å²) < 4.78 is 5.47. The summed E-state index contributed by atoms with van der Waals surface area (Å²) in [5, 5.41) is 5.66. The molecule has 0 unspecified atom stereocenters. The molecule has 86 valence electrons. The van der Waals surface area contributed by atoms with Gasteiger partial charge in [-0.1, -0.05) is 36.4 Å². The van der Waals surface area contributed by atoms with E-state index in [9.17, 15) is 0 Å². The van der Waals surface area contributed by atoms with E-state index in [2.05, 4.69) is 28.5 Å². The lowest BCUT2D eigenvalue weighted by atomic mass is 10.1. The van der Waals surface area contributed by atoms with Crippen LogP contribution in [0, 0.1) is 0 Å². The predicted molar refractivity (Wildman–Crippen MR) is 70.4 cm³/mol. The van der Waals surface area contributed by atoms with Gasteiger partial charge in [0.15, 0.2) is 0 Å². The van der Waals surface area contributed by atoms with Crippen molar-refractivity contribution in [2.24, 2.45) is 4.99 Å². The summed E-state index contributed by atoms with van der Waals surface area (Å²) in [4.78, 5) is 4.31. The van der Waals surface area contributed by atoms with Crippen LogP contribution in [0.4, 0.5) is 5.69 Å². The zero-order valence-electron chi connectivity index (χ0n) is 9.52. The molecule has 3 nitrogen and oxygen atoms in total. The molecule has 2 aromatic rings. The molecule has 1 heterocycles. The third-order valence-corrected chi connectivity index (χ3v) is 2.83. The van der Waals surface area contributed by atoms with Crippen LogP contribution in [0.3, 0.4) is 0 Å². The van der Waals surface area contributed by atoms with Crippen LogP contribution in [-0.4, -0.2) is 19.2 Å². The number of ether oxygens (including phenoxy) is 1. The molecule has 17 heavy (non-hydrogen) atoms. The molecule has 2 aromatic carbocycles. The first-order chi connectivity index (χ1) is 8.43. The monoisotopic (exact) mass is 226 g/mol. The smallest absolute Gasteiger partial charge is 0.289 e. The average molecular weight is 226 g/mol. The highest BCUT2D eigenvalue weighted by Crippen LogP contribution is 2.23. The Labute approximate surface area is 100 Å². The molecule has 0 aromatic heterocycles. The molecule has 3 heteroatoms. The van der Waals surface area contributed by atoms with Gasteiger partial charge < -0.3 is 10.1 Å². The first-order valence-corrected chi connectivity index (χ1v) is 5.85. The van der Waals surface area contributed by atoms with Crippen LogP contribution in [-0.2, 0) is 4.74 Å². The molecule has 1 aliphatic heterocycles. The Morgan fingerprint density at radius 3 is 2.82 bits per heavy atom. The minimum absolute atomic E-state index is 0.632. The van der Waals surface area contributed by atoms with Crippen molar-refractivity contribution in [2.75, 3.05) is 18.5 Å². The van der Waals surface area contributed by atoms with Gasteiger partial charge in [-0.15, -0.1) is 0 Å². The summed E-state index contributed by atoms with van der Waals surface area (Å²) in [7, 11) is 0. The third-order valence-electron chi connectivity index (χ3n) is 2.83. The number of aliphatic imine (C=N–C) groups is 1. The van der Waals surface area contributed by atoms with Gasteiger partial charge in [-0.2, -0.15) is 0 Å². The average Bonchev–Trinajstić information content (AvgIpc) is 2.40. The summed E-state index contributed by atoms with van der Waals surface area (Å²) in [6.07, 6.45) is 1.00. The van der Waals surface area contributed by atoms with E-state index in [-0.39, 0.29) is 0 Å². The molecule has 0 spiro atoms. The number of nitrogens with zero attached hydrogens (tertiary/aromatic N) is 1. The first-order valence-electron chi connectivity index (χ1n) is 5.85. The second kappa shape index (κ2) is 4.45. The number of benzene rings is 2. The third kappa shape index (κ3) is 2.09. The van der Waals surface area contributed by atoms with Crippen molar-refractivity contribution in [3.05, 3.63) is 42.5 Å². The standard InChI is InChI=1S/C14H14N2O/c1-2-7-12-11(5-1)6-3-8-13(12)16-14-15-9-4-10-17-14/h1-3,5-8H,4,9-10H2,(H,15,16). The Morgan fingerprint density at radius 2 is 1.94 bits per heavy atom. The van der Waals surface area contributed by atoms with Gasteiger partial charge in [0, 0.05) is 18.4 Å². The van der Waals surface area contributed by atoms with E-state index in [1.54, 1.807) is 0 Å². The maximum atomic E-state index is 5.47. The van der Waals surface area contributed by atoms with Gasteiger partial charge in [-0.3, -0.25) is 0 Å². The Bertz CT molecular complexity index is 558. The van der Waals surface area contributed by atoms with Crippen LogP contribution < -0.4 is 5.32 Å². The highest BCUT2D eigenvalue weighted by atomic mass is 16.5. The lowest BCUT2D eigenvalue weighted by molar-refractivity contribution is 0.282. The Kier molecular flexibility index (Phi) is 2.66. The highest BCUT2D eigenvalue weighted by Gasteiger charge is 2.07. The molecular weight excluding hydrogens is 212 g/mol. The molecule has 0 fully saturated rings. The van der Waals surface area contributed by atoms with Crippen LogP contribution in [0.1, 0.15) is 6.42 Å². The summed E-state index contributed by atoms with van der Waals surface area (Å²) in [6, 6.07) is 15.1. The molecule has 1 aliphatic rings. The number of amidine groups is 1. The van der Waals surface area contributed by atoms with Crippen molar-refractivity contribution in [3.63, 3.8) is 0 Å². The van der Waals surface area contributed by atoms with Crippen LogP contribution >= 0.6 is 0 Å². The molecule has 0 amide bonds. The van der Waals surface area contributed by atoms with E-state index < -0.39 is 0 Å². The van der Waals surface area contributed by atoms with Gasteiger partial charge in [0.1, 0.15) is 0 Å². The first kappa shape index (κ1) is 10.1. The van der Waals surface area contributed by atoms with Crippen molar-refractivity contribution >= 4 is 22.5 Å². The fraction of sp³-hybridized carbons (Fsp3) is 0.214. The summed E-state index contributed by atoms with van der Waals surface area (Å²) in [5.41, 5.74) is 1.05. The predicted octanol–water partition coefficient (Wildman–Crippen LogP) is 3.03. The van der Waals surface area contributed by atoms with Gasteiger partial charge in [-0.05, 0) is 11.5 Å². The summed E-state index contributed by atoms with van der Waals surface area (Å²) >= 11 is 0. The molecule has 3 rings (SSSR count). The van der Waals surface area contributed by atoms with Gasteiger partial charge in [0.05, 0.1) is 12.3 Å². The minimum atomic E-state index is 0.632. The van der Waals surface area contributed by atoms with E-state index in [1.807, 2.05) is 24.3 Å². The summed E-state index contributed by atoms with van der Waals surface area (Å²) in [6.45, 7) is 1.59. The number of nitrogens with one attached hydrogen (secondary N) is 1. The van der Waals surface area contributed by atoms with Gasteiger partial charge in [0.25, 0.3) is 6.02 Å². The van der Waals surface area contributed by atoms with Crippen molar-refractivity contribution in [1.82, 2.24) is 0 Å². The number of fused-ring (bicyclic) bond motifs is 1. The molecular formula is C14H14N2O. The van der Waals surface area contributed by atoms with Crippen molar-refractivity contribution in [3.8, 4) is 0 Å². The van der Waals surface area contributed by atoms with Crippen molar-refractivity contribution in [2.45, 2.75) is 6.42 Å². The fourth-order valence-electron chi connectivity index (χ4n) is 1.98. The lowest BCUT2D eigenvalue weighted by Gasteiger charge is -2.16. The number of hydrogen-bond acceptors (Lipinski definition) is 3. The quantitative estimate of drug-likeness (QED) is 0.810. The van der Waals surface area contributed by atoms with E-state index in [4.69, 9.17) is 4.74 Å². The number of hydrogen-bond donors (Lipinski definition) is 1. The molecule has 1 N–H and O–H groups in total. The maximum absolute atomic E-state index is 5.47. The lowest BCUT2D eigenvalue weighted by Crippen LogP contribution is -2.21. The molecule has 0 bridgehead atoms. The molecule has 0 saturated carbocycles. The second-order valence-corrected chi connectivity index (χ2v) is 4.04. The van der Waals surface area contributed by atoms with Crippen LogP contribution in [0.2, 0.25) is 0 Å². The van der Waals surface area contributed by atoms with Crippen molar-refractivity contribution in [1.29, 1.82) is 0 Å². The SMILES string of the molecule is c1ccc2c(NC3=NCCCO3)cccc2c1. The van der Waals surface area contributed by atoms with Gasteiger partial charge in [0.2, 0.25) is 0 Å². The van der Waals surface area contributed by atoms with E-state index >= 15 is 0 Å². The van der Waals surface area contributed by atoms with Crippen molar-refractivity contribution < 1.29 is 4.74 Å². The molecule has 0 atom stereocenters. The van der Waals surface area contributed by atoms with E-state index in [0.717, 1.165) is 25.3 Å². The normalized spacial score (nSPS) is 15.2. The van der Waals surface area contributed by atoms with Crippen LogP contribution in [0.15, 0.2) is 47.5 Å². The Balaban J connectivity index is 1.97. The zero-order chi connectivity index (χ0) is 11.5. The van der Waals surface area contributed by atoms with E-state index in [0.29, 0.717) is 6.02 Å². The molecule has 0 aliphatic carbocycles. The highest BCUT2D eigenvalue weighted by molar-refractivity contribution is 6.01. The van der Waals surface area contributed by atoms with Gasteiger partial charge in [-0.25, -0.2) is 4.99 Å². The molecule has 0 saturated heterocycles. The topological polar surface area (TPSA) is 33.6 Å². The van der Waals surface area contributed by atoms with Crippen LogP contribution in [0.25, 0.3) is 10.8 Å². The zero-order valence-corrected chi connectivity index (χ0v) is 9.52. The maximum Gasteiger partial charge on any atom is 0.289 e. The summed E-state index contributed by atoms with van der Waals surface area (Å²) in [5.74, 6) is 0.